The van der Waals surface area contributed by atoms with Crippen LogP contribution in [-0.4, -0.2) is 52.9 Å². The van der Waals surface area contributed by atoms with Crippen LogP contribution in [0.3, 0.4) is 0 Å². The van der Waals surface area contributed by atoms with Gasteiger partial charge in [-0.1, -0.05) is 33.3 Å². The third-order valence-electron chi connectivity index (χ3n) is 5.51. The second-order valence-electron chi connectivity index (χ2n) is 8.30. The minimum atomic E-state index is 0.0708. The van der Waals surface area contributed by atoms with Gasteiger partial charge in [-0.3, -0.25) is 9.78 Å². The first-order valence-electron chi connectivity index (χ1n) is 9.45. The number of amides is 1. The smallest absolute Gasteiger partial charge is 0.272 e. The number of piperidine rings is 2. The molecule has 2 aliphatic rings. The second kappa shape index (κ2) is 7.22. The number of rotatable bonds is 2. The normalized spacial score (nSPS) is 21.0. The number of aromatic nitrogens is 1. The molecule has 0 aliphatic carbocycles. The van der Waals surface area contributed by atoms with E-state index in [-0.39, 0.29) is 11.3 Å². The molecule has 0 aromatic carbocycles. The number of hydrogen-bond acceptors (Lipinski definition) is 3. The SMILES string of the molecule is CC(C)(C)c1ccc(C(=O)N2CCC(N3CCCCC3)CC2)nc1. The molecule has 3 rings (SSSR count). The summed E-state index contributed by atoms with van der Waals surface area (Å²) in [6.45, 7) is 10.7. The first-order valence-corrected chi connectivity index (χ1v) is 9.45. The zero-order chi connectivity index (χ0) is 17.2. The lowest BCUT2D eigenvalue weighted by Crippen LogP contribution is -2.48. The van der Waals surface area contributed by atoms with E-state index in [2.05, 4.69) is 30.7 Å². The maximum atomic E-state index is 12.7. The number of nitrogens with zero attached hydrogens (tertiary/aromatic N) is 3. The molecule has 0 unspecified atom stereocenters. The third-order valence-corrected chi connectivity index (χ3v) is 5.51. The van der Waals surface area contributed by atoms with Crippen molar-refractivity contribution in [3.05, 3.63) is 29.6 Å². The first-order chi connectivity index (χ1) is 11.4. The molecule has 3 heterocycles. The fourth-order valence-corrected chi connectivity index (χ4v) is 3.84. The van der Waals surface area contributed by atoms with Gasteiger partial charge >= 0.3 is 0 Å². The Balaban J connectivity index is 1.56. The van der Waals surface area contributed by atoms with Gasteiger partial charge in [0.25, 0.3) is 5.91 Å². The highest BCUT2D eigenvalue weighted by Crippen LogP contribution is 2.23. The standard InChI is InChI=1S/C20H31N3O/c1-20(2,3)16-7-8-18(21-15-16)19(24)23-13-9-17(10-14-23)22-11-5-4-6-12-22/h7-8,15,17H,4-6,9-14H2,1-3H3. The summed E-state index contributed by atoms with van der Waals surface area (Å²) in [5.74, 6) is 0.0903. The third kappa shape index (κ3) is 3.97. The average molecular weight is 329 g/mol. The molecular weight excluding hydrogens is 298 g/mol. The van der Waals surface area contributed by atoms with Crippen LogP contribution in [0, 0.1) is 0 Å². The van der Waals surface area contributed by atoms with Gasteiger partial charge in [0.05, 0.1) is 0 Å². The van der Waals surface area contributed by atoms with Crippen LogP contribution in [0.4, 0.5) is 0 Å². The molecule has 2 aliphatic heterocycles. The molecule has 4 nitrogen and oxygen atoms in total. The predicted molar refractivity (Wildman–Crippen MR) is 97.3 cm³/mol. The predicted octanol–water partition coefficient (Wildman–Crippen LogP) is 3.47. The highest BCUT2D eigenvalue weighted by Gasteiger charge is 2.28. The minimum Gasteiger partial charge on any atom is -0.337 e. The summed E-state index contributed by atoms with van der Waals surface area (Å²) in [5.41, 5.74) is 1.82. The van der Waals surface area contributed by atoms with Gasteiger partial charge in [-0.25, -0.2) is 0 Å². The lowest BCUT2D eigenvalue weighted by molar-refractivity contribution is 0.0584. The van der Waals surface area contributed by atoms with Crippen molar-refractivity contribution in [2.75, 3.05) is 26.2 Å². The van der Waals surface area contributed by atoms with Gasteiger partial charge in [0.2, 0.25) is 0 Å². The zero-order valence-corrected chi connectivity index (χ0v) is 15.4. The molecule has 1 amide bonds. The van der Waals surface area contributed by atoms with Crippen LogP contribution in [0.15, 0.2) is 18.3 Å². The molecule has 4 heteroatoms. The van der Waals surface area contributed by atoms with Crippen LogP contribution < -0.4 is 0 Å². The van der Waals surface area contributed by atoms with Gasteiger partial charge in [-0.2, -0.15) is 0 Å². The van der Waals surface area contributed by atoms with E-state index in [0.717, 1.165) is 25.9 Å². The Kier molecular flexibility index (Phi) is 5.24. The molecule has 0 saturated carbocycles. The van der Waals surface area contributed by atoms with Gasteiger partial charge < -0.3 is 9.80 Å². The van der Waals surface area contributed by atoms with E-state index in [0.29, 0.717) is 11.7 Å². The van der Waals surface area contributed by atoms with E-state index < -0.39 is 0 Å². The van der Waals surface area contributed by atoms with Crippen LogP contribution in [0.2, 0.25) is 0 Å². The largest absolute Gasteiger partial charge is 0.337 e. The minimum absolute atomic E-state index is 0.0708. The maximum Gasteiger partial charge on any atom is 0.272 e. The zero-order valence-electron chi connectivity index (χ0n) is 15.4. The summed E-state index contributed by atoms with van der Waals surface area (Å²) in [7, 11) is 0. The van der Waals surface area contributed by atoms with Gasteiger partial charge in [-0.05, 0) is 55.8 Å². The molecule has 132 valence electrons. The van der Waals surface area contributed by atoms with E-state index in [1.807, 2.05) is 23.2 Å². The molecule has 2 fully saturated rings. The van der Waals surface area contributed by atoms with Crippen molar-refractivity contribution in [3.63, 3.8) is 0 Å². The van der Waals surface area contributed by atoms with Gasteiger partial charge in [0.15, 0.2) is 0 Å². The summed E-state index contributed by atoms with van der Waals surface area (Å²) < 4.78 is 0. The lowest BCUT2D eigenvalue weighted by atomic mass is 9.88. The molecule has 0 atom stereocenters. The van der Waals surface area contributed by atoms with Crippen molar-refractivity contribution in [1.82, 2.24) is 14.8 Å². The van der Waals surface area contributed by atoms with Crippen molar-refractivity contribution in [2.24, 2.45) is 0 Å². The number of carbonyl (C=O) groups is 1. The summed E-state index contributed by atoms with van der Waals surface area (Å²) >= 11 is 0. The Morgan fingerprint density at radius 1 is 1.04 bits per heavy atom. The molecule has 2 saturated heterocycles. The fourth-order valence-electron chi connectivity index (χ4n) is 3.84. The van der Waals surface area contributed by atoms with Crippen molar-refractivity contribution in [1.29, 1.82) is 0 Å². The van der Waals surface area contributed by atoms with E-state index in [4.69, 9.17) is 0 Å². The fraction of sp³-hybridized carbons (Fsp3) is 0.700. The molecule has 0 N–H and O–H groups in total. The van der Waals surface area contributed by atoms with E-state index in [9.17, 15) is 4.79 Å². The number of pyridine rings is 1. The van der Waals surface area contributed by atoms with E-state index >= 15 is 0 Å². The van der Waals surface area contributed by atoms with E-state index in [1.165, 1.54) is 37.9 Å². The molecular formula is C20H31N3O. The number of hydrogen-bond donors (Lipinski definition) is 0. The maximum absolute atomic E-state index is 12.7. The molecule has 0 bridgehead atoms. The number of likely N-dealkylation sites (tertiary alicyclic amines) is 2. The molecule has 1 aromatic rings. The Morgan fingerprint density at radius 3 is 2.25 bits per heavy atom. The Labute approximate surface area is 146 Å². The van der Waals surface area contributed by atoms with Crippen molar-refractivity contribution in [3.8, 4) is 0 Å². The van der Waals surface area contributed by atoms with Crippen LogP contribution in [0.25, 0.3) is 0 Å². The van der Waals surface area contributed by atoms with Crippen molar-refractivity contribution in [2.45, 2.75) is 64.3 Å². The van der Waals surface area contributed by atoms with Crippen LogP contribution >= 0.6 is 0 Å². The Hall–Kier alpha value is -1.42. The highest BCUT2D eigenvalue weighted by atomic mass is 16.2. The second-order valence-corrected chi connectivity index (χ2v) is 8.30. The molecule has 0 radical (unpaired) electrons. The summed E-state index contributed by atoms with van der Waals surface area (Å²) in [5, 5.41) is 0. The first kappa shape index (κ1) is 17.4. The van der Waals surface area contributed by atoms with Crippen LogP contribution in [0.5, 0.6) is 0 Å². The summed E-state index contributed by atoms with van der Waals surface area (Å²) in [4.78, 5) is 21.7. The van der Waals surface area contributed by atoms with Gasteiger partial charge in [0.1, 0.15) is 5.69 Å². The van der Waals surface area contributed by atoms with Crippen LogP contribution in [-0.2, 0) is 5.41 Å². The molecule has 1 aromatic heterocycles. The van der Waals surface area contributed by atoms with Crippen LogP contribution in [0.1, 0.15) is 68.9 Å². The Bertz CT molecular complexity index is 547. The van der Waals surface area contributed by atoms with E-state index in [1.54, 1.807) is 0 Å². The highest BCUT2D eigenvalue weighted by molar-refractivity contribution is 5.92. The average Bonchev–Trinajstić information content (AvgIpc) is 2.61. The summed E-state index contributed by atoms with van der Waals surface area (Å²) in [6, 6.07) is 4.60. The molecule has 24 heavy (non-hydrogen) atoms. The van der Waals surface area contributed by atoms with Crippen molar-refractivity contribution < 1.29 is 4.79 Å². The molecule has 0 spiro atoms. The topological polar surface area (TPSA) is 36.4 Å². The number of carbonyl (C=O) groups excluding carboxylic acids is 1. The summed E-state index contributed by atoms with van der Waals surface area (Å²) in [6.07, 6.45) is 8.11. The Morgan fingerprint density at radius 2 is 1.71 bits per heavy atom. The monoisotopic (exact) mass is 329 g/mol. The van der Waals surface area contributed by atoms with Gasteiger partial charge in [-0.15, -0.1) is 0 Å². The lowest BCUT2D eigenvalue weighted by Gasteiger charge is -2.40. The quantitative estimate of drug-likeness (QED) is 0.833. The van der Waals surface area contributed by atoms with Crippen molar-refractivity contribution >= 4 is 5.91 Å². The van der Waals surface area contributed by atoms with Gasteiger partial charge in [0, 0.05) is 25.3 Å².